The molecule has 1 aromatic carbocycles. The molecule has 2 heteroatoms. The van der Waals surface area contributed by atoms with Crippen molar-refractivity contribution in [1.29, 1.82) is 0 Å². The third kappa shape index (κ3) is 1.59. The van der Waals surface area contributed by atoms with E-state index in [1.165, 1.54) is 37.7 Å². The zero-order valence-corrected chi connectivity index (χ0v) is 11.6. The van der Waals surface area contributed by atoms with Crippen molar-refractivity contribution < 1.29 is 4.74 Å². The van der Waals surface area contributed by atoms with Gasteiger partial charge in [0.25, 0.3) is 0 Å². The van der Waals surface area contributed by atoms with Crippen LogP contribution in [0.1, 0.15) is 37.7 Å². The predicted octanol–water partition coefficient (Wildman–Crippen LogP) is 3.31. The second-order valence-corrected chi connectivity index (χ2v) is 6.97. The summed E-state index contributed by atoms with van der Waals surface area (Å²) < 4.78 is 5.39. The molecular weight excluding hydrogens is 234 g/mol. The van der Waals surface area contributed by atoms with Gasteiger partial charge in [0.2, 0.25) is 0 Å². The third-order valence-corrected chi connectivity index (χ3v) is 6.06. The first-order chi connectivity index (χ1) is 9.20. The Kier molecular flexibility index (Phi) is 2.47. The first-order valence-electron chi connectivity index (χ1n) is 7.63. The summed E-state index contributed by atoms with van der Waals surface area (Å²) in [7, 11) is 1.74. The molecule has 102 valence electrons. The minimum absolute atomic E-state index is 0.0953. The van der Waals surface area contributed by atoms with E-state index >= 15 is 0 Å². The first-order valence-corrected chi connectivity index (χ1v) is 7.63. The molecule has 0 amide bonds. The average molecular weight is 257 g/mol. The molecule has 4 saturated carbocycles. The standard InChI is InChI=1S/C17H23NO/c1-19-16-4-2-3-13(10-16)17(18)14-6-11-5-12(8-14)9-15(17)7-11/h2-4,10-12,14-15H,5-9,18H2,1H3. The van der Waals surface area contributed by atoms with Gasteiger partial charge < -0.3 is 10.5 Å². The highest BCUT2D eigenvalue weighted by Gasteiger charge is 2.55. The monoisotopic (exact) mass is 257 g/mol. The van der Waals surface area contributed by atoms with E-state index in [1.54, 1.807) is 7.11 Å². The SMILES string of the molecule is COc1cccc(C2(N)C3CC4CC(C3)CC2C4)c1. The van der Waals surface area contributed by atoms with Crippen LogP contribution >= 0.6 is 0 Å². The van der Waals surface area contributed by atoms with E-state index in [4.69, 9.17) is 10.5 Å². The fraction of sp³-hybridized carbons (Fsp3) is 0.647. The second kappa shape index (κ2) is 3.99. The van der Waals surface area contributed by atoms with Crippen molar-refractivity contribution in [2.75, 3.05) is 7.11 Å². The second-order valence-electron chi connectivity index (χ2n) is 6.97. The first kappa shape index (κ1) is 11.8. The lowest BCUT2D eigenvalue weighted by Crippen LogP contribution is -2.60. The highest BCUT2D eigenvalue weighted by molar-refractivity contribution is 5.36. The number of benzene rings is 1. The molecule has 2 nitrogen and oxygen atoms in total. The molecule has 0 radical (unpaired) electrons. The van der Waals surface area contributed by atoms with Gasteiger partial charge in [-0.05, 0) is 73.5 Å². The fourth-order valence-electron chi connectivity index (χ4n) is 5.33. The van der Waals surface area contributed by atoms with E-state index in [0.29, 0.717) is 11.8 Å². The summed E-state index contributed by atoms with van der Waals surface area (Å²) in [6.45, 7) is 0. The van der Waals surface area contributed by atoms with Crippen LogP contribution in [0.15, 0.2) is 24.3 Å². The predicted molar refractivity (Wildman–Crippen MR) is 75.9 cm³/mol. The van der Waals surface area contributed by atoms with Crippen LogP contribution in [0.5, 0.6) is 5.75 Å². The zero-order valence-electron chi connectivity index (χ0n) is 11.6. The van der Waals surface area contributed by atoms with Crippen LogP contribution in [0.4, 0.5) is 0 Å². The lowest BCUT2D eigenvalue weighted by Gasteiger charge is -2.60. The molecule has 1 aromatic rings. The smallest absolute Gasteiger partial charge is 0.119 e. The van der Waals surface area contributed by atoms with Crippen molar-refractivity contribution in [3.63, 3.8) is 0 Å². The molecule has 4 fully saturated rings. The van der Waals surface area contributed by atoms with E-state index in [0.717, 1.165) is 17.6 Å². The number of hydrogen-bond donors (Lipinski definition) is 1. The van der Waals surface area contributed by atoms with E-state index < -0.39 is 0 Å². The van der Waals surface area contributed by atoms with Crippen LogP contribution in [0, 0.1) is 23.7 Å². The lowest BCUT2D eigenvalue weighted by atomic mass is 9.47. The molecule has 0 aliphatic heterocycles. The Morgan fingerprint density at radius 1 is 1.05 bits per heavy atom. The van der Waals surface area contributed by atoms with Crippen molar-refractivity contribution in [3.8, 4) is 5.75 Å². The van der Waals surface area contributed by atoms with Crippen LogP contribution in [0.25, 0.3) is 0 Å². The number of nitrogens with two attached hydrogens (primary N) is 1. The summed E-state index contributed by atoms with van der Waals surface area (Å²) >= 11 is 0. The van der Waals surface area contributed by atoms with Gasteiger partial charge in [-0.25, -0.2) is 0 Å². The summed E-state index contributed by atoms with van der Waals surface area (Å²) in [4.78, 5) is 0. The average Bonchev–Trinajstić information content (AvgIpc) is 2.44. The van der Waals surface area contributed by atoms with Crippen molar-refractivity contribution in [2.45, 2.75) is 37.6 Å². The Morgan fingerprint density at radius 2 is 1.68 bits per heavy atom. The van der Waals surface area contributed by atoms with Gasteiger partial charge in [-0.15, -0.1) is 0 Å². The van der Waals surface area contributed by atoms with Crippen LogP contribution in [-0.2, 0) is 5.54 Å². The molecule has 19 heavy (non-hydrogen) atoms. The summed E-state index contributed by atoms with van der Waals surface area (Å²) in [6, 6.07) is 8.49. The lowest BCUT2D eigenvalue weighted by molar-refractivity contribution is -0.0584. The summed E-state index contributed by atoms with van der Waals surface area (Å²) in [5.74, 6) is 4.25. The molecule has 5 rings (SSSR count). The van der Waals surface area contributed by atoms with Crippen LogP contribution < -0.4 is 10.5 Å². The molecule has 2 N–H and O–H groups in total. The van der Waals surface area contributed by atoms with Crippen molar-refractivity contribution in [1.82, 2.24) is 0 Å². The third-order valence-electron chi connectivity index (χ3n) is 6.06. The molecule has 0 heterocycles. The van der Waals surface area contributed by atoms with Crippen LogP contribution in [0.2, 0.25) is 0 Å². The molecule has 0 unspecified atom stereocenters. The van der Waals surface area contributed by atoms with E-state index in [2.05, 4.69) is 18.2 Å². The molecule has 0 saturated heterocycles. The van der Waals surface area contributed by atoms with E-state index in [1.807, 2.05) is 6.07 Å². The Balaban J connectivity index is 1.76. The normalized spacial score (nSPS) is 43.5. The summed E-state index contributed by atoms with van der Waals surface area (Å²) in [5.41, 5.74) is 8.19. The summed E-state index contributed by atoms with van der Waals surface area (Å²) in [6.07, 6.45) is 6.87. The van der Waals surface area contributed by atoms with Gasteiger partial charge in [-0.3, -0.25) is 0 Å². The number of hydrogen-bond acceptors (Lipinski definition) is 2. The highest BCUT2D eigenvalue weighted by atomic mass is 16.5. The maximum absolute atomic E-state index is 6.98. The largest absolute Gasteiger partial charge is 0.497 e. The molecule has 0 aromatic heterocycles. The number of ether oxygens (including phenoxy) is 1. The molecule has 4 bridgehead atoms. The maximum atomic E-state index is 6.98. The quantitative estimate of drug-likeness (QED) is 0.882. The van der Waals surface area contributed by atoms with Gasteiger partial charge in [0, 0.05) is 5.54 Å². The van der Waals surface area contributed by atoms with Gasteiger partial charge in [-0.2, -0.15) is 0 Å². The Morgan fingerprint density at radius 3 is 2.26 bits per heavy atom. The fourth-order valence-corrected chi connectivity index (χ4v) is 5.33. The Labute approximate surface area is 115 Å². The zero-order chi connectivity index (χ0) is 13.0. The topological polar surface area (TPSA) is 35.2 Å². The minimum atomic E-state index is -0.0953. The van der Waals surface area contributed by atoms with Crippen LogP contribution in [0.3, 0.4) is 0 Å². The van der Waals surface area contributed by atoms with E-state index in [9.17, 15) is 0 Å². The highest BCUT2D eigenvalue weighted by Crippen LogP contribution is 2.60. The number of rotatable bonds is 2. The van der Waals surface area contributed by atoms with Crippen molar-refractivity contribution in [3.05, 3.63) is 29.8 Å². The number of methoxy groups -OCH3 is 1. The molecule has 0 atom stereocenters. The van der Waals surface area contributed by atoms with Crippen molar-refractivity contribution >= 4 is 0 Å². The van der Waals surface area contributed by atoms with Crippen LogP contribution in [-0.4, -0.2) is 7.11 Å². The minimum Gasteiger partial charge on any atom is -0.497 e. The van der Waals surface area contributed by atoms with Gasteiger partial charge in [0.15, 0.2) is 0 Å². The maximum Gasteiger partial charge on any atom is 0.119 e. The van der Waals surface area contributed by atoms with E-state index in [-0.39, 0.29) is 5.54 Å². The van der Waals surface area contributed by atoms with Gasteiger partial charge >= 0.3 is 0 Å². The van der Waals surface area contributed by atoms with Gasteiger partial charge in [0.1, 0.15) is 5.75 Å². The molecule has 4 aliphatic carbocycles. The Hall–Kier alpha value is -1.02. The molecule has 0 spiro atoms. The molecular formula is C17H23NO. The van der Waals surface area contributed by atoms with Gasteiger partial charge in [0.05, 0.1) is 7.11 Å². The molecule has 4 aliphatic rings. The Bertz CT molecular complexity index is 468. The van der Waals surface area contributed by atoms with Gasteiger partial charge in [-0.1, -0.05) is 12.1 Å². The van der Waals surface area contributed by atoms with Crippen molar-refractivity contribution in [2.24, 2.45) is 29.4 Å². The summed E-state index contributed by atoms with van der Waals surface area (Å²) in [5, 5.41) is 0.